The molecule has 4 nitrogen and oxygen atoms in total. The molecule has 1 aliphatic rings. The monoisotopic (exact) mass is 281 g/mol. The molecule has 0 unspecified atom stereocenters. The molecule has 1 heterocycles. The van der Waals surface area contributed by atoms with E-state index in [1.165, 1.54) is 18.4 Å². The summed E-state index contributed by atoms with van der Waals surface area (Å²) >= 11 is 0. The second-order valence-corrected chi connectivity index (χ2v) is 5.35. The van der Waals surface area contributed by atoms with Gasteiger partial charge in [0, 0.05) is 23.6 Å². The summed E-state index contributed by atoms with van der Waals surface area (Å²) < 4.78 is 0. The van der Waals surface area contributed by atoms with Crippen molar-refractivity contribution in [3.8, 4) is 0 Å². The second kappa shape index (κ2) is 5.95. The minimum Gasteiger partial charge on any atom is -0.382 e. The van der Waals surface area contributed by atoms with Crippen molar-refractivity contribution >= 4 is 17.3 Å². The number of hydrogen-bond acceptors (Lipinski definition) is 3. The zero-order chi connectivity index (χ0) is 14.7. The molecular formula is C17H19N3O. The number of aromatic nitrogens is 1. The van der Waals surface area contributed by atoms with E-state index >= 15 is 0 Å². The number of rotatable bonds is 5. The van der Waals surface area contributed by atoms with Crippen molar-refractivity contribution in [2.45, 2.75) is 32.2 Å². The lowest BCUT2D eigenvalue weighted by Gasteiger charge is -2.08. The van der Waals surface area contributed by atoms with Crippen LogP contribution in [0, 0.1) is 0 Å². The van der Waals surface area contributed by atoms with E-state index in [9.17, 15) is 4.79 Å². The van der Waals surface area contributed by atoms with Crippen LogP contribution in [0.1, 0.15) is 35.8 Å². The smallest absolute Gasteiger partial charge is 0.274 e. The maximum absolute atomic E-state index is 12.2. The van der Waals surface area contributed by atoms with Crippen LogP contribution in [0.15, 0.2) is 42.6 Å². The number of pyridine rings is 1. The van der Waals surface area contributed by atoms with E-state index in [4.69, 9.17) is 0 Å². The minimum atomic E-state index is -0.182. The van der Waals surface area contributed by atoms with Crippen LogP contribution in [-0.4, -0.2) is 16.9 Å². The van der Waals surface area contributed by atoms with E-state index in [1.807, 2.05) is 30.3 Å². The first kappa shape index (κ1) is 13.6. The highest BCUT2D eigenvalue weighted by Crippen LogP contribution is 2.24. The highest BCUT2D eigenvalue weighted by atomic mass is 16.1. The predicted octanol–water partition coefficient (Wildman–Crippen LogP) is 3.47. The van der Waals surface area contributed by atoms with Gasteiger partial charge in [0.25, 0.3) is 5.91 Å². The highest BCUT2D eigenvalue weighted by molar-refractivity contribution is 6.03. The van der Waals surface area contributed by atoms with Gasteiger partial charge in [-0.2, -0.15) is 0 Å². The average Bonchev–Trinajstić information content (AvgIpc) is 3.32. The molecule has 0 radical (unpaired) electrons. The molecule has 2 N–H and O–H groups in total. The first-order valence-electron chi connectivity index (χ1n) is 7.37. The van der Waals surface area contributed by atoms with E-state index in [0.717, 1.165) is 17.8 Å². The van der Waals surface area contributed by atoms with E-state index in [-0.39, 0.29) is 5.91 Å². The van der Waals surface area contributed by atoms with E-state index in [2.05, 4.69) is 22.5 Å². The molecule has 0 atom stereocenters. The number of anilines is 2. The van der Waals surface area contributed by atoms with Crippen molar-refractivity contribution in [1.82, 2.24) is 4.98 Å². The van der Waals surface area contributed by atoms with Gasteiger partial charge in [-0.15, -0.1) is 0 Å². The van der Waals surface area contributed by atoms with Gasteiger partial charge in [-0.25, -0.2) is 0 Å². The Morgan fingerprint density at radius 2 is 1.95 bits per heavy atom. The van der Waals surface area contributed by atoms with Crippen LogP contribution in [-0.2, 0) is 6.42 Å². The molecule has 0 saturated heterocycles. The topological polar surface area (TPSA) is 54.0 Å². The van der Waals surface area contributed by atoms with Gasteiger partial charge in [0.2, 0.25) is 0 Å². The molecule has 4 heteroatoms. The Morgan fingerprint density at radius 1 is 1.19 bits per heavy atom. The van der Waals surface area contributed by atoms with Gasteiger partial charge < -0.3 is 10.6 Å². The average molecular weight is 281 g/mol. The van der Waals surface area contributed by atoms with Crippen LogP contribution in [0.25, 0.3) is 0 Å². The van der Waals surface area contributed by atoms with E-state index in [0.29, 0.717) is 11.7 Å². The van der Waals surface area contributed by atoms with Gasteiger partial charge >= 0.3 is 0 Å². The molecule has 21 heavy (non-hydrogen) atoms. The number of nitrogens with zero attached hydrogens (tertiary/aromatic N) is 1. The number of carbonyl (C=O) groups is 1. The Kier molecular flexibility index (Phi) is 3.86. The summed E-state index contributed by atoms with van der Waals surface area (Å²) in [4.78, 5) is 16.4. The summed E-state index contributed by atoms with van der Waals surface area (Å²) in [5.41, 5.74) is 3.43. The molecule has 0 spiro atoms. The normalized spacial score (nSPS) is 13.8. The molecule has 1 aromatic carbocycles. The molecule has 1 aromatic heterocycles. The standard InChI is InChI=1S/C17H19N3O/c1-2-12-3-5-14(6-4-12)20-17(21)16-11-15(9-10-18-16)19-13-7-8-13/h3-6,9-11,13H,2,7-8H2,1H3,(H,18,19)(H,20,21). The predicted molar refractivity (Wildman–Crippen MR) is 84.7 cm³/mol. The SMILES string of the molecule is CCc1ccc(NC(=O)c2cc(NC3CC3)ccn2)cc1. The summed E-state index contributed by atoms with van der Waals surface area (Å²) in [6, 6.07) is 12.1. The van der Waals surface area contributed by atoms with Crippen molar-refractivity contribution in [2.75, 3.05) is 10.6 Å². The van der Waals surface area contributed by atoms with Crippen LogP contribution in [0.3, 0.4) is 0 Å². The summed E-state index contributed by atoms with van der Waals surface area (Å²) in [5.74, 6) is -0.182. The van der Waals surface area contributed by atoms with Crippen molar-refractivity contribution in [1.29, 1.82) is 0 Å². The number of amides is 1. The quantitative estimate of drug-likeness (QED) is 0.882. The summed E-state index contributed by atoms with van der Waals surface area (Å²) in [6.45, 7) is 2.11. The van der Waals surface area contributed by atoms with Crippen LogP contribution >= 0.6 is 0 Å². The number of nitrogens with one attached hydrogen (secondary N) is 2. The molecule has 3 rings (SSSR count). The fourth-order valence-electron chi connectivity index (χ4n) is 2.13. The maximum atomic E-state index is 12.2. The summed E-state index contributed by atoms with van der Waals surface area (Å²) in [6.07, 6.45) is 5.06. The Morgan fingerprint density at radius 3 is 2.62 bits per heavy atom. The fraction of sp³-hybridized carbons (Fsp3) is 0.294. The van der Waals surface area contributed by atoms with Crippen molar-refractivity contribution in [3.05, 3.63) is 53.9 Å². The Balaban J connectivity index is 1.68. The summed E-state index contributed by atoms with van der Waals surface area (Å²) in [7, 11) is 0. The molecule has 1 fully saturated rings. The number of aryl methyl sites for hydroxylation is 1. The third kappa shape index (κ3) is 3.60. The largest absolute Gasteiger partial charge is 0.382 e. The van der Waals surface area contributed by atoms with Gasteiger partial charge in [-0.3, -0.25) is 9.78 Å². The first-order valence-corrected chi connectivity index (χ1v) is 7.37. The van der Waals surface area contributed by atoms with Crippen molar-refractivity contribution < 1.29 is 4.79 Å². The molecule has 1 saturated carbocycles. The van der Waals surface area contributed by atoms with Gasteiger partial charge in [0.1, 0.15) is 5.69 Å². The zero-order valence-electron chi connectivity index (χ0n) is 12.1. The van der Waals surface area contributed by atoms with Crippen molar-refractivity contribution in [3.63, 3.8) is 0 Å². The second-order valence-electron chi connectivity index (χ2n) is 5.35. The van der Waals surface area contributed by atoms with Gasteiger partial charge in [-0.05, 0) is 49.1 Å². The van der Waals surface area contributed by atoms with E-state index in [1.54, 1.807) is 12.3 Å². The molecular weight excluding hydrogens is 262 g/mol. The third-order valence-electron chi connectivity index (χ3n) is 3.56. The first-order chi connectivity index (χ1) is 10.2. The maximum Gasteiger partial charge on any atom is 0.274 e. The zero-order valence-corrected chi connectivity index (χ0v) is 12.1. The Hall–Kier alpha value is -2.36. The Bertz CT molecular complexity index is 633. The molecule has 108 valence electrons. The molecule has 1 aliphatic carbocycles. The van der Waals surface area contributed by atoms with Crippen LogP contribution in [0.4, 0.5) is 11.4 Å². The number of carbonyl (C=O) groups excluding carboxylic acids is 1. The molecule has 0 bridgehead atoms. The van der Waals surface area contributed by atoms with E-state index < -0.39 is 0 Å². The minimum absolute atomic E-state index is 0.182. The Labute approximate surface area is 124 Å². The third-order valence-corrected chi connectivity index (χ3v) is 3.56. The molecule has 1 amide bonds. The van der Waals surface area contributed by atoms with Gasteiger partial charge in [-0.1, -0.05) is 19.1 Å². The highest BCUT2D eigenvalue weighted by Gasteiger charge is 2.21. The number of hydrogen-bond donors (Lipinski definition) is 2. The van der Waals surface area contributed by atoms with Crippen LogP contribution in [0.5, 0.6) is 0 Å². The molecule has 2 aromatic rings. The lowest BCUT2D eigenvalue weighted by molar-refractivity contribution is 0.102. The molecule has 0 aliphatic heterocycles. The van der Waals surface area contributed by atoms with Gasteiger partial charge in [0.05, 0.1) is 0 Å². The lowest BCUT2D eigenvalue weighted by atomic mass is 10.1. The lowest BCUT2D eigenvalue weighted by Crippen LogP contribution is -2.14. The van der Waals surface area contributed by atoms with Crippen LogP contribution in [0.2, 0.25) is 0 Å². The summed E-state index contributed by atoms with van der Waals surface area (Å²) in [5, 5.41) is 6.25. The van der Waals surface area contributed by atoms with Crippen LogP contribution < -0.4 is 10.6 Å². The van der Waals surface area contributed by atoms with Crippen molar-refractivity contribution in [2.24, 2.45) is 0 Å². The fourth-order valence-corrected chi connectivity index (χ4v) is 2.13. The van der Waals surface area contributed by atoms with Gasteiger partial charge in [0.15, 0.2) is 0 Å². The number of benzene rings is 1.